The van der Waals surface area contributed by atoms with Crippen molar-refractivity contribution in [2.24, 2.45) is 0 Å². The van der Waals surface area contributed by atoms with Gasteiger partial charge >= 0.3 is 0 Å². The third kappa shape index (κ3) is 2.89. The topological polar surface area (TPSA) is 38.9 Å². The lowest BCUT2D eigenvalue weighted by Crippen LogP contribution is -1.89. The van der Waals surface area contributed by atoms with E-state index in [4.69, 9.17) is 5.73 Å². The zero-order valence-corrected chi connectivity index (χ0v) is 12.2. The van der Waals surface area contributed by atoms with Crippen LogP contribution < -0.4 is 5.73 Å². The van der Waals surface area contributed by atoms with Crippen LogP contribution in [-0.4, -0.2) is 4.98 Å². The van der Waals surface area contributed by atoms with Crippen LogP contribution in [0.3, 0.4) is 0 Å². The van der Waals surface area contributed by atoms with Crippen molar-refractivity contribution < 1.29 is 0 Å². The molecule has 0 aliphatic rings. The minimum absolute atomic E-state index is 0.615. The highest BCUT2D eigenvalue weighted by atomic mass is 32.1. The maximum atomic E-state index is 5.67. The van der Waals surface area contributed by atoms with Gasteiger partial charge in [-0.2, -0.15) is 0 Å². The summed E-state index contributed by atoms with van der Waals surface area (Å²) in [5, 5.41) is 2.60. The van der Waals surface area contributed by atoms with E-state index >= 15 is 0 Å². The van der Waals surface area contributed by atoms with Crippen molar-refractivity contribution in [3.63, 3.8) is 0 Å². The normalized spacial score (nSPS) is 10.7. The zero-order valence-electron chi connectivity index (χ0n) is 11.3. The molecule has 1 aromatic heterocycles. The van der Waals surface area contributed by atoms with Crippen LogP contribution in [0.15, 0.2) is 53.9 Å². The highest BCUT2D eigenvalue weighted by Crippen LogP contribution is 2.23. The molecule has 0 atom stereocenters. The summed E-state index contributed by atoms with van der Waals surface area (Å²) in [4.78, 5) is 4.30. The summed E-state index contributed by atoms with van der Waals surface area (Å²) >= 11 is 1.47. The number of aryl methyl sites for hydroxylation is 1. The number of nitrogens with two attached hydrogens (primary N) is 1. The van der Waals surface area contributed by atoms with Gasteiger partial charge < -0.3 is 5.73 Å². The van der Waals surface area contributed by atoms with Crippen molar-refractivity contribution >= 4 is 16.5 Å². The van der Waals surface area contributed by atoms with Crippen LogP contribution in [0.25, 0.3) is 11.3 Å². The van der Waals surface area contributed by atoms with Crippen molar-refractivity contribution in [2.75, 3.05) is 5.73 Å². The van der Waals surface area contributed by atoms with Crippen LogP contribution >= 0.6 is 11.3 Å². The molecule has 3 aromatic rings. The molecule has 20 heavy (non-hydrogen) atoms. The van der Waals surface area contributed by atoms with Gasteiger partial charge in [-0.25, -0.2) is 4.98 Å². The highest BCUT2D eigenvalue weighted by molar-refractivity contribution is 7.13. The zero-order chi connectivity index (χ0) is 13.9. The Morgan fingerprint density at radius 2 is 1.55 bits per heavy atom. The smallest absolute Gasteiger partial charge is 0.180 e. The van der Waals surface area contributed by atoms with E-state index in [0.717, 1.165) is 17.7 Å². The molecule has 0 bridgehead atoms. The molecule has 1 heterocycles. The van der Waals surface area contributed by atoms with Crippen molar-refractivity contribution in [3.05, 3.63) is 70.6 Å². The van der Waals surface area contributed by atoms with Gasteiger partial charge in [-0.05, 0) is 24.5 Å². The van der Waals surface area contributed by atoms with E-state index in [0.29, 0.717) is 5.13 Å². The second-order valence-electron chi connectivity index (χ2n) is 4.93. The Kier molecular flexibility index (Phi) is 3.52. The summed E-state index contributed by atoms with van der Waals surface area (Å²) in [6.07, 6.45) is 0.958. The molecule has 0 fully saturated rings. The number of thiazole rings is 1. The SMILES string of the molecule is Cc1ccc(Cc2ccc(-c3csc(N)n3)cc2)cc1. The highest BCUT2D eigenvalue weighted by Gasteiger charge is 2.03. The first-order valence-electron chi connectivity index (χ1n) is 6.56. The molecule has 2 nitrogen and oxygen atoms in total. The maximum Gasteiger partial charge on any atom is 0.180 e. The number of aromatic nitrogens is 1. The monoisotopic (exact) mass is 280 g/mol. The molecule has 0 unspecified atom stereocenters. The molecule has 0 aliphatic carbocycles. The van der Waals surface area contributed by atoms with E-state index in [1.54, 1.807) is 0 Å². The quantitative estimate of drug-likeness (QED) is 0.777. The number of anilines is 1. The van der Waals surface area contributed by atoms with Crippen molar-refractivity contribution in [1.29, 1.82) is 0 Å². The van der Waals surface area contributed by atoms with Gasteiger partial charge in [0, 0.05) is 10.9 Å². The second kappa shape index (κ2) is 5.47. The molecule has 0 saturated heterocycles. The minimum atomic E-state index is 0.615. The van der Waals surface area contributed by atoms with Gasteiger partial charge in [0.1, 0.15) is 0 Å². The van der Waals surface area contributed by atoms with E-state index in [1.165, 1.54) is 28.0 Å². The maximum absolute atomic E-state index is 5.67. The largest absolute Gasteiger partial charge is 0.375 e. The van der Waals surface area contributed by atoms with E-state index in [1.807, 2.05) is 5.38 Å². The predicted molar refractivity (Wildman–Crippen MR) is 85.9 cm³/mol. The summed E-state index contributed by atoms with van der Waals surface area (Å²) in [6.45, 7) is 2.11. The first-order valence-corrected chi connectivity index (χ1v) is 7.44. The Morgan fingerprint density at radius 3 is 2.10 bits per heavy atom. The number of hydrogen-bond acceptors (Lipinski definition) is 3. The molecule has 100 valence electrons. The lowest BCUT2D eigenvalue weighted by Gasteiger charge is -2.04. The summed E-state index contributed by atoms with van der Waals surface area (Å²) < 4.78 is 0. The van der Waals surface area contributed by atoms with Gasteiger partial charge in [0.15, 0.2) is 5.13 Å². The molecule has 3 rings (SSSR count). The van der Waals surface area contributed by atoms with Gasteiger partial charge in [0.05, 0.1) is 5.69 Å². The third-order valence-electron chi connectivity index (χ3n) is 3.30. The Morgan fingerprint density at radius 1 is 0.950 bits per heavy atom. The van der Waals surface area contributed by atoms with Crippen LogP contribution in [0.1, 0.15) is 16.7 Å². The Labute approximate surface area is 122 Å². The van der Waals surface area contributed by atoms with Crippen LogP contribution in [0.2, 0.25) is 0 Å². The van der Waals surface area contributed by atoms with Crippen molar-refractivity contribution in [1.82, 2.24) is 4.98 Å². The van der Waals surface area contributed by atoms with Crippen LogP contribution in [-0.2, 0) is 6.42 Å². The molecule has 3 heteroatoms. The molecule has 2 N–H and O–H groups in total. The number of nitrogens with zero attached hydrogens (tertiary/aromatic N) is 1. The first kappa shape index (κ1) is 12.9. The van der Waals surface area contributed by atoms with Gasteiger partial charge in [-0.1, -0.05) is 54.1 Å². The Bertz CT molecular complexity index is 697. The first-order chi connectivity index (χ1) is 9.70. The van der Waals surface area contributed by atoms with E-state index < -0.39 is 0 Å². The lowest BCUT2D eigenvalue weighted by atomic mass is 10.0. The molecular weight excluding hydrogens is 264 g/mol. The van der Waals surface area contributed by atoms with E-state index in [-0.39, 0.29) is 0 Å². The molecular formula is C17H16N2S. The molecule has 0 amide bonds. The summed E-state index contributed by atoms with van der Waals surface area (Å²) in [5.74, 6) is 0. The summed E-state index contributed by atoms with van der Waals surface area (Å²) in [5.41, 5.74) is 11.7. The standard InChI is InChI=1S/C17H16N2S/c1-12-2-4-13(5-3-12)10-14-6-8-15(9-7-14)16-11-20-17(18)19-16/h2-9,11H,10H2,1H3,(H2,18,19). The number of hydrogen-bond donors (Lipinski definition) is 1. The molecule has 0 aliphatic heterocycles. The molecule has 0 saturated carbocycles. The van der Waals surface area contributed by atoms with Crippen molar-refractivity contribution in [3.8, 4) is 11.3 Å². The van der Waals surface area contributed by atoms with Gasteiger partial charge in [0.2, 0.25) is 0 Å². The number of rotatable bonds is 3. The van der Waals surface area contributed by atoms with Gasteiger partial charge in [-0.15, -0.1) is 11.3 Å². The third-order valence-corrected chi connectivity index (χ3v) is 3.97. The fraction of sp³-hybridized carbons (Fsp3) is 0.118. The number of benzene rings is 2. The molecule has 2 aromatic carbocycles. The Hall–Kier alpha value is -2.13. The van der Waals surface area contributed by atoms with Gasteiger partial charge in [0.25, 0.3) is 0 Å². The summed E-state index contributed by atoms with van der Waals surface area (Å²) in [7, 11) is 0. The molecule has 0 spiro atoms. The summed E-state index contributed by atoms with van der Waals surface area (Å²) in [6, 6.07) is 17.2. The fourth-order valence-corrected chi connectivity index (χ4v) is 2.73. The fourth-order valence-electron chi connectivity index (χ4n) is 2.16. The molecule has 0 radical (unpaired) electrons. The van der Waals surface area contributed by atoms with E-state index in [9.17, 15) is 0 Å². The average molecular weight is 280 g/mol. The predicted octanol–water partition coefficient (Wildman–Crippen LogP) is 4.29. The lowest BCUT2D eigenvalue weighted by molar-refractivity contribution is 1.19. The van der Waals surface area contributed by atoms with Gasteiger partial charge in [-0.3, -0.25) is 0 Å². The van der Waals surface area contributed by atoms with Crippen molar-refractivity contribution in [2.45, 2.75) is 13.3 Å². The van der Waals surface area contributed by atoms with Crippen LogP contribution in [0, 0.1) is 6.92 Å². The average Bonchev–Trinajstić information content (AvgIpc) is 2.89. The van der Waals surface area contributed by atoms with Crippen LogP contribution in [0.5, 0.6) is 0 Å². The van der Waals surface area contributed by atoms with E-state index in [2.05, 4.69) is 60.4 Å². The second-order valence-corrected chi connectivity index (χ2v) is 5.82. The number of nitrogen functional groups attached to an aromatic ring is 1. The van der Waals surface area contributed by atoms with Crippen LogP contribution in [0.4, 0.5) is 5.13 Å². The Balaban J connectivity index is 1.77. The minimum Gasteiger partial charge on any atom is -0.375 e.